The van der Waals surface area contributed by atoms with Crippen LogP contribution in [-0.4, -0.2) is 42.2 Å². The zero-order chi connectivity index (χ0) is 19.4. The van der Waals surface area contributed by atoms with Crippen LogP contribution in [0.3, 0.4) is 0 Å². The predicted octanol–water partition coefficient (Wildman–Crippen LogP) is 3.28. The highest BCUT2D eigenvalue weighted by Crippen LogP contribution is 2.34. The van der Waals surface area contributed by atoms with Crippen LogP contribution in [0.2, 0.25) is 0 Å². The smallest absolute Gasteiger partial charge is 0.225 e. The normalized spacial score (nSPS) is 21.9. The minimum atomic E-state index is -0.370. The number of piperidine rings is 1. The number of hydrogen-bond acceptors (Lipinski definition) is 5. The lowest BCUT2D eigenvalue weighted by Crippen LogP contribution is -2.53. The number of benzene rings is 1. The van der Waals surface area contributed by atoms with E-state index >= 15 is 0 Å². The van der Waals surface area contributed by atoms with Gasteiger partial charge in [-0.25, -0.2) is 9.97 Å². The van der Waals surface area contributed by atoms with E-state index in [0.717, 1.165) is 42.3 Å². The monoisotopic (exact) mass is 444 g/mol. The molecule has 2 aliphatic heterocycles. The van der Waals surface area contributed by atoms with Gasteiger partial charge in [0, 0.05) is 43.2 Å². The predicted molar refractivity (Wildman–Crippen MR) is 111 cm³/mol. The van der Waals surface area contributed by atoms with Gasteiger partial charge in [0.2, 0.25) is 11.9 Å². The van der Waals surface area contributed by atoms with E-state index in [1.807, 2.05) is 18.2 Å². The molecule has 7 heteroatoms. The van der Waals surface area contributed by atoms with Gasteiger partial charge in [-0.1, -0.05) is 28.1 Å². The number of amides is 1. The molecule has 0 saturated carbocycles. The van der Waals surface area contributed by atoms with Crippen molar-refractivity contribution in [1.29, 1.82) is 0 Å². The molecule has 0 bridgehead atoms. The summed E-state index contributed by atoms with van der Waals surface area (Å²) >= 11 is 3.56. The van der Waals surface area contributed by atoms with Crippen LogP contribution in [0, 0.1) is 5.92 Å². The van der Waals surface area contributed by atoms with Crippen molar-refractivity contribution in [3.05, 3.63) is 52.8 Å². The number of carbonyl (C=O) groups is 1. The maximum atomic E-state index is 13.3. The van der Waals surface area contributed by atoms with Crippen molar-refractivity contribution >= 4 is 27.8 Å². The summed E-state index contributed by atoms with van der Waals surface area (Å²) < 4.78 is 6.61. The van der Waals surface area contributed by atoms with E-state index < -0.39 is 0 Å². The molecular formula is C21H25BrN4O2. The number of carbonyl (C=O) groups excluding carboxylic acids is 1. The first-order valence-electron chi connectivity index (χ1n) is 9.84. The zero-order valence-corrected chi connectivity index (χ0v) is 17.4. The van der Waals surface area contributed by atoms with E-state index in [1.165, 1.54) is 0 Å². The van der Waals surface area contributed by atoms with Crippen molar-refractivity contribution in [2.75, 3.05) is 31.2 Å². The number of halogens is 1. The van der Waals surface area contributed by atoms with Crippen molar-refractivity contribution < 1.29 is 9.53 Å². The van der Waals surface area contributed by atoms with Crippen LogP contribution in [0.25, 0.3) is 0 Å². The second-order valence-corrected chi connectivity index (χ2v) is 8.44. The summed E-state index contributed by atoms with van der Waals surface area (Å²) in [6.07, 6.45) is 6.91. The minimum Gasteiger partial charge on any atom is -0.381 e. The molecule has 0 spiro atoms. The number of anilines is 1. The number of aromatic nitrogens is 2. The highest BCUT2D eigenvalue weighted by atomic mass is 79.9. The molecule has 0 radical (unpaired) electrons. The van der Waals surface area contributed by atoms with Crippen molar-refractivity contribution in [3.8, 4) is 0 Å². The molecule has 1 aromatic carbocycles. The molecule has 1 N–H and O–H groups in total. The third-order valence-corrected chi connectivity index (χ3v) is 6.21. The van der Waals surface area contributed by atoms with Crippen LogP contribution in [0.5, 0.6) is 0 Å². The Labute approximate surface area is 173 Å². The summed E-state index contributed by atoms with van der Waals surface area (Å²) in [6.45, 7) is 2.85. The quantitative estimate of drug-likeness (QED) is 0.783. The molecule has 2 aliphatic rings. The van der Waals surface area contributed by atoms with Gasteiger partial charge in [0.1, 0.15) is 0 Å². The number of ether oxygens (including phenoxy) is 1. The van der Waals surface area contributed by atoms with Gasteiger partial charge < -0.3 is 15.0 Å². The number of rotatable bonds is 4. The second-order valence-electron chi connectivity index (χ2n) is 7.53. The van der Waals surface area contributed by atoms with Crippen LogP contribution in [-0.2, 0) is 15.1 Å². The standard InChI is InChI=1S/C21H25BrN4O2/c22-18-6-1-5-17(14-18)21(7-12-28-13-8-21)25-19(27)16-4-2-11-26(15-16)20-23-9-3-10-24-20/h1,3,5-6,9-10,14,16H,2,4,7-8,11-13,15H2,(H,25,27). The highest BCUT2D eigenvalue weighted by molar-refractivity contribution is 9.10. The van der Waals surface area contributed by atoms with Crippen LogP contribution in [0.15, 0.2) is 47.2 Å². The van der Waals surface area contributed by atoms with Gasteiger partial charge >= 0.3 is 0 Å². The Hall–Kier alpha value is -1.99. The Morgan fingerprint density at radius 3 is 2.75 bits per heavy atom. The molecule has 0 aliphatic carbocycles. The van der Waals surface area contributed by atoms with E-state index in [-0.39, 0.29) is 17.4 Å². The van der Waals surface area contributed by atoms with Crippen LogP contribution >= 0.6 is 15.9 Å². The Bertz CT molecular complexity index is 811. The summed E-state index contributed by atoms with van der Waals surface area (Å²) in [5.41, 5.74) is 0.766. The first-order valence-corrected chi connectivity index (χ1v) is 10.6. The average Bonchev–Trinajstić information content (AvgIpc) is 2.75. The van der Waals surface area contributed by atoms with E-state index in [1.54, 1.807) is 12.4 Å². The van der Waals surface area contributed by atoms with Gasteiger partial charge in [0.25, 0.3) is 0 Å². The maximum absolute atomic E-state index is 13.3. The average molecular weight is 445 g/mol. The molecule has 1 amide bonds. The van der Waals surface area contributed by atoms with Crippen LogP contribution < -0.4 is 10.2 Å². The third-order valence-electron chi connectivity index (χ3n) is 5.71. The molecule has 6 nitrogen and oxygen atoms in total. The van der Waals surface area contributed by atoms with E-state index in [0.29, 0.717) is 25.7 Å². The number of nitrogens with zero attached hydrogens (tertiary/aromatic N) is 3. The van der Waals surface area contributed by atoms with Gasteiger partial charge in [-0.15, -0.1) is 0 Å². The Morgan fingerprint density at radius 2 is 2.00 bits per heavy atom. The third kappa shape index (κ3) is 4.20. The Kier molecular flexibility index (Phi) is 5.92. The summed E-state index contributed by atoms with van der Waals surface area (Å²) in [6, 6.07) is 10.1. The van der Waals surface area contributed by atoms with E-state index in [2.05, 4.69) is 48.2 Å². The van der Waals surface area contributed by atoms with Crippen molar-refractivity contribution in [2.45, 2.75) is 31.2 Å². The molecule has 1 unspecified atom stereocenters. The molecule has 3 heterocycles. The fourth-order valence-electron chi connectivity index (χ4n) is 4.16. The Balaban J connectivity index is 1.51. The first-order chi connectivity index (χ1) is 13.7. The van der Waals surface area contributed by atoms with Gasteiger partial charge in [0.15, 0.2) is 0 Å². The molecule has 2 saturated heterocycles. The Morgan fingerprint density at radius 1 is 1.21 bits per heavy atom. The van der Waals surface area contributed by atoms with Crippen molar-refractivity contribution in [3.63, 3.8) is 0 Å². The minimum absolute atomic E-state index is 0.0653. The maximum Gasteiger partial charge on any atom is 0.225 e. The molecule has 28 heavy (non-hydrogen) atoms. The fourth-order valence-corrected chi connectivity index (χ4v) is 4.56. The fraction of sp³-hybridized carbons (Fsp3) is 0.476. The summed E-state index contributed by atoms with van der Waals surface area (Å²) in [5, 5.41) is 3.41. The first kappa shape index (κ1) is 19.3. The lowest BCUT2D eigenvalue weighted by atomic mass is 9.81. The number of hydrogen-bond donors (Lipinski definition) is 1. The van der Waals surface area contributed by atoms with Crippen LogP contribution in [0.1, 0.15) is 31.2 Å². The zero-order valence-electron chi connectivity index (χ0n) is 15.8. The summed E-state index contributed by atoms with van der Waals surface area (Å²) in [5.74, 6) is 0.750. The lowest BCUT2D eigenvalue weighted by molar-refractivity contribution is -0.128. The van der Waals surface area contributed by atoms with Gasteiger partial charge in [0.05, 0.1) is 11.5 Å². The molecule has 1 atom stereocenters. The van der Waals surface area contributed by atoms with Crippen molar-refractivity contribution in [1.82, 2.24) is 15.3 Å². The SMILES string of the molecule is O=C(NC1(c2cccc(Br)c2)CCOCC1)C1CCCN(c2ncccn2)C1. The molecule has 148 valence electrons. The van der Waals surface area contributed by atoms with Crippen LogP contribution in [0.4, 0.5) is 5.95 Å². The number of nitrogens with one attached hydrogen (secondary N) is 1. The van der Waals surface area contributed by atoms with Gasteiger partial charge in [-0.3, -0.25) is 4.79 Å². The molecular weight excluding hydrogens is 420 g/mol. The highest BCUT2D eigenvalue weighted by Gasteiger charge is 2.38. The van der Waals surface area contributed by atoms with E-state index in [9.17, 15) is 4.79 Å². The molecule has 2 aromatic rings. The summed E-state index contributed by atoms with van der Waals surface area (Å²) in [4.78, 5) is 24.1. The topological polar surface area (TPSA) is 67.3 Å². The van der Waals surface area contributed by atoms with Gasteiger partial charge in [-0.2, -0.15) is 0 Å². The molecule has 1 aromatic heterocycles. The molecule has 2 fully saturated rings. The van der Waals surface area contributed by atoms with Gasteiger partial charge in [-0.05, 0) is 49.4 Å². The second kappa shape index (κ2) is 8.57. The lowest BCUT2D eigenvalue weighted by Gasteiger charge is -2.41. The largest absolute Gasteiger partial charge is 0.381 e. The molecule has 4 rings (SSSR count). The van der Waals surface area contributed by atoms with Crippen molar-refractivity contribution in [2.24, 2.45) is 5.92 Å². The van der Waals surface area contributed by atoms with E-state index in [4.69, 9.17) is 4.74 Å². The summed E-state index contributed by atoms with van der Waals surface area (Å²) in [7, 11) is 0.